The third-order valence-electron chi connectivity index (χ3n) is 3.84. The topological polar surface area (TPSA) is 74.0 Å². The molecule has 3 rings (SSSR count). The molecule has 0 bridgehead atoms. The summed E-state index contributed by atoms with van der Waals surface area (Å²) >= 11 is 0. The molecule has 1 aliphatic heterocycles. The minimum atomic E-state index is -0.506. The monoisotopic (exact) mass is 289 g/mol. The Bertz CT molecular complexity index is 723. The number of benzene rings is 1. The lowest BCUT2D eigenvalue weighted by atomic mass is 10.1. The summed E-state index contributed by atoms with van der Waals surface area (Å²) in [5.74, 6) is -0.844. The molecule has 1 atom stereocenters. The Hall–Kier alpha value is -2.37. The second kappa shape index (κ2) is 5.20. The highest BCUT2D eigenvalue weighted by Gasteiger charge is 2.25. The van der Waals surface area contributed by atoms with Crippen molar-refractivity contribution in [2.45, 2.75) is 25.8 Å². The molecular weight excluding hydrogens is 273 g/mol. The largest absolute Gasteiger partial charge is 0.354 e. The average Bonchev–Trinajstić information content (AvgIpc) is 2.79. The van der Waals surface area contributed by atoms with Crippen molar-refractivity contribution in [2.24, 2.45) is 0 Å². The molecule has 21 heavy (non-hydrogen) atoms. The first-order chi connectivity index (χ1) is 10.1. The molecule has 6 heteroatoms. The summed E-state index contributed by atoms with van der Waals surface area (Å²) in [6.07, 6.45) is 1.47. The summed E-state index contributed by atoms with van der Waals surface area (Å²) in [5, 5.41) is 6.12. The summed E-state index contributed by atoms with van der Waals surface area (Å²) in [5.41, 5.74) is 1.75. The maximum Gasteiger partial charge on any atom is 0.268 e. The number of aryl methyl sites for hydroxylation is 1. The van der Waals surface area contributed by atoms with Gasteiger partial charge in [-0.2, -0.15) is 0 Å². The zero-order chi connectivity index (χ0) is 15.0. The third kappa shape index (κ3) is 2.49. The molecule has 5 nitrogen and oxygen atoms in total. The van der Waals surface area contributed by atoms with Gasteiger partial charge in [-0.15, -0.1) is 0 Å². The molecule has 3 N–H and O–H groups in total. The first-order valence-electron chi connectivity index (χ1n) is 6.92. The predicted octanol–water partition coefficient (Wildman–Crippen LogP) is 1.62. The van der Waals surface area contributed by atoms with Crippen LogP contribution in [0.4, 0.5) is 4.39 Å². The number of amides is 2. The molecule has 1 saturated heterocycles. The quantitative estimate of drug-likeness (QED) is 0.786. The van der Waals surface area contributed by atoms with E-state index in [0.29, 0.717) is 35.1 Å². The lowest BCUT2D eigenvalue weighted by Gasteiger charge is -2.22. The highest BCUT2D eigenvalue weighted by Crippen LogP contribution is 2.22. The van der Waals surface area contributed by atoms with Gasteiger partial charge in [0.2, 0.25) is 5.91 Å². The molecule has 1 aromatic carbocycles. The van der Waals surface area contributed by atoms with E-state index in [4.69, 9.17) is 0 Å². The van der Waals surface area contributed by atoms with E-state index in [2.05, 4.69) is 15.6 Å². The Morgan fingerprint density at radius 2 is 2.24 bits per heavy atom. The Morgan fingerprint density at radius 1 is 1.43 bits per heavy atom. The molecule has 2 amide bonds. The van der Waals surface area contributed by atoms with E-state index >= 15 is 0 Å². The summed E-state index contributed by atoms with van der Waals surface area (Å²) < 4.78 is 13.3. The Kier molecular flexibility index (Phi) is 3.37. The zero-order valence-corrected chi connectivity index (χ0v) is 11.6. The van der Waals surface area contributed by atoms with Gasteiger partial charge in [0, 0.05) is 17.4 Å². The second-order valence-electron chi connectivity index (χ2n) is 5.27. The fraction of sp³-hybridized carbons (Fsp3) is 0.333. The Morgan fingerprint density at radius 3 is 3.00 bits per heavy atom. The number of carbonyl (C=O) groups excluding carboxylic acids is 2. The molecule has 1 unspecified atom stereocenters. The van der Waals surface area contributed by atoms with Crippen LogP contribution >= 0.6 is 0 Å². The molecule has 110 valence electrons. The van der Waals surface area contributed by atoms with Crippen LogP contribution in [0.15, 0.2) is 18.2 Å². The predicted molar refractivity (Wildman–Crippen MR) is 76.5 cm³/mol. The van der Waals surface area contributed by atoms with Crippen LogP contribution in [0.2, 0.25) is 0 Å². The SMILES string of the molecule is Cc1c(C(=O)NC2CCCNC2=O)[nH]c2ccc(F)cc12. The van der Waals surface area contributed by atoms with E-state index in [1.165, 1.54) is 12.1 Å². The smallest absolute Gasteiger partial charge is 0.268 e. The van der Waals surface area contributed by atoms with Crippen LogP contribution in [0, 0.1) is 12.7 Å². The van der Waals surface area contributed by atoms with E-state index in [1.807, 2.05) is 0 Å². The van der Waals surface area contributed by atoms with E-state index in [-0.39, 0.29) is 17.6 Å². The molecule has 0 radical (unpaired) electrons. The number of H-pyrrole nitrogens is 1. The van der Waals surface area contributed by atoms with Gasteiger partial charge in [0.15, 0.2) is 0 Å². The fourth-order valence-electron chi connectivity index (χ4n) is 2.67. The first-order valence-corrected chi connectivity index (χ1v) is 6.92. The van der Waals surface area contributed by atoms with Crippen LogP contribution in [-0.4, -0.2) is 29.4 Å². The van der Waals surface area contributed by atoms with Gasteiger partial charge in [-0.1, -0.05) is 0 Å². The highest BCUT2D eigenvalue weighted by molar-refractivity contribution is 6.02. The van der Waals surface area contributed by atoms with Gasteiger partial charge >= 0.3 is 0 Å². The standard InChI is InChI=1S/C15H16FN3O2/c1-8-10-7-9(16)4-5-11(10)18-13(8)15(21)19-12-3-2-6-17-14(12)20/h4-5,7,12,18H,2-3,6H2,1H3,(H,17,20)(H,19,21). The molecule has 1 fully saturated rings. The van der Waals surface area contributed by atoms with E-state index in [1.54, 1.807) is 13.0 Å². The number of hydrogen-bond donors (Lipinski definition) is 3. The van der Waals surface area contributed by atoms with Gasteiger partial charge < -0.3 is 15.6 Å². The van der Waals surface area contributed by atoms with Crippen molar-refractivity contribution in [3.8, 4) is 0 Å². The number of aromatic nitrogens is 1. The number of rotatable bonds is 2. The van der Waals surface area contributed by atoms with Crippen LogP contribution in [0.3, 0.4) is 0 Å². The normalized spacial score (nSPS) is 18.6. The molecule has 1 aliphatic rings. The lowest BCUT2D eigenvalue weighted by Crippen LogP contribution is -2.50. The molecule has 0 saturated carbocycles. The third-order valence-corrected chi connectivity index (χ3v) is 3.84. The molecule has 2 heterocycles. The summed E-state index contributed by atoms with van der Waals surface area (Å²) in [6.45, 7) is 2.41. The van der Waals surface area contributed by atoms with Crippen LogP contribution in [0.25, 0.3) is 10.9 Å². The van der Waals surface area contributed by atoms with Gasteiger partial charge in [0.05, 0.1) is 0 Å². The number of aromatic amines is 1. The van der Waals surface area contributed by atoms with Crippen LogP contribution < -0.4 is 10.6 Å². The molecule has 0 aliphatic carbocycles. The summed E-state index contributed by atoms with van der Waals surface area (Å²) in [6, 6.07) is 3.83. The van der Waals surface area contributed by atoms with E-state index < -0.39 is 6.04 Å². The Labute approximate surface area is 120 Å². The number of hydrogen-bond acceptors (Lipinski definition) is 2. The molecule has 2 aromatic rings. The number of fused-ring (bicyclic) bond motifs is 1. The van der Waals surface area contributed by atoms with E-state index in [9.17, 15) is 14.0 Å². The summed E-state index contributed by atoms with van der Waals surface area (Å²) in [7, 11) is 0. The zero-order valence-electron chi connectivity index (χ0n) is 11.6. The van der Waals surface area contributed by atoms with Crippen LogP contribution in [0.1, 0.15) is 28.9 Å². The maximum absolute atomic E-state index is 13.3. The minimum absolute atomic E-state index is 0.158. The minimum Gasteiger partial charge on any atom is -0.354 e. The number of carbonyl (C=O) groups is 2. The van der Waals surface area contributed by atoms with Gasteiger partial charge in [-0.25, -0.2) is 4.39 Å². The number of piperidine rings is 1. The van der Waals surface area contributed by atoms with Gasteiger partial charge in [-0.3, -0.25) is 9.59 Å². The van der Waals surface area contributed by atoms with Crippen molar-refractivity contribution in [3.63, 3.8) is 0 Å². The second-order valence-corrected chi connectivity index (χ2v) is 5.27. The van der Waals surface area contributed by atoms with Crippen LogP contribution in [-0.2, 0) is 4.79 Å². The van der Waals surface area contributed by atoms with Crippen molar-refractivity contribution in [1.82, 2.24) is 15.6 Å². The van der Waals surface area contributed by atoms with E-state index in [0.717, 1.165) is 6.42 Å². The van der Waals surface area contributed by atoms with Crippen LogP contribution in [0.5, 0.6) is 0 Å². The molecule has 1 aromatic heterocycles. The van der Waals surface area contributed by atoms with Gasteiger partial charge in [0.1, 0.15) is 17.6 Å². The van der Waals surface area contributed by atoms with Crippen molar-refractivity contribution in [2.75, 3.05) is 6.54 Å². The van der Waals surface area contributed by atoms with Gasteiger partial charge in [0.25, 0.3) is 5.91 Å². The molecule has 0 spiro atoms. The fourth-order valence-corrected chi connectivity index (χ4v) is 2.67. The van der Waals surface area contributed by atoms with Crippen molar-refractivity contribution in [1.29, 1.82) is 0 Å². The maximum atomic E-state index is 13.3. The van der Waals surface area contributed by atoms with Crippen molar-refractivity contribution in [3.05, 3.63) is 35.3 Å². The van der Waals surface area contributed by atoms with Crippen molar-refractivity contribution < 1.29 is 14.0 Å². The van der Waals surface area contributed by atoms with Crippen molar-refractivity contribution >= 4 is 22.7 Å². The number of nitrogens with one attached hydrogen (secondary N) is 3. The first kappa shape index (κ1) is 13.6. The lowest BCUT2D eigenvalue weighted by molar-refractivity contribution is -0.124. The highest BCUT2D eigenvalue weighted by atomic mass is 19.1. The Balaban J connectivity index is 1.87. The average molecular weight is 289 g/mol. The summed E-state index contributed by atoms with van der Waals surface area (Å²) in [4.78, 5) is 27.0. The molecular formula is C15H16FN3O2. The van der Waals surface area contributed by atoms with Gasteiger partial charge in [-0.05, 0) is 43.5 Å². The number of halogens is 1.